The average molecular weight is 279 g/mol. The SMILES string of the molecule is CC1Cc2cccc(-c3c(Cl)cccc3Cl)c2O1. The van der Waals surface area contributed by atoms with Gasteiger partial charge in [-0.15, -0.1) is 0 Å². The number of halogens is 2. The smallest absolute Gasteiger partial charge is 0.130 e. The summed E-state index contributed by atoms with van der Waals surface area (Å²) in [5.74, 6) is 0.917. The average Bonchev–Trinajstić information content (AvgIpc) is 2.70. The summed E-state index contributed by atoms with van der Waals surface area (Å²) in [6, 6.07) is 11.7. The van der Waals surface area contributed by atoms with Crippen LogP contribution in [0.15, 0.2) is 36.4 Å². The molecule has 92 valence electrons. The summed E-state index contributed by atoms with van der Waals surface area (Å²) >= 11 is 12.5. The van der Waals surface area contributed by atoms with Crippen LogP contribution in [0.4, 0.5) is 0 Å². The lowest BCUT2D eigenvalue weighted by Gasteiger charge is -2.12. The van der Waals surface area contributed by atoms with Crippen LogP contribution in [0.1, 0.15) is 12.5 Å². The second kappa shape index (κ2) is 4.49. The molecule has 0 amide bonds. The molecule has 1 atom stereocenters. The lowest BCUT2D eigenvalue weighted by Crippen LogP contribution is -2.05. The van der Waals surface area contributed by atoms with Crippen LogP contribution in [-0.2, 0) is 6.42 Å². The third-order valence-electron chi connectivity index (χ3n) is 3.16. The monoisotopic (exact) mass is 278 g/mol. The summed E-state index contributed by atoms with van der Waals surface area (Å²) in [7, 11) is 0. The van der Waals surface area contributed by atoms with Gasteiger partial charge >= 0.3 is 0 Å². The molecule has 0 aliphatic carbocycles. The van der Waals surface area contributed by atoms with Gasteiger partial charge in [0, 0.05) is 17.5 Å². The molecule has 3 heteroatoms. The van der Waals surface area contributed by atoms with E-state index in [9.17, 15) is 0 Å². The first-order valence-electron chi connectivity index (χ1n) is 5.89. The molecule has 0 aromatic heterocycles. The van der Waals surface area contributed by atoms with Crippen LogP contribution < -0.4 is 4.74 Å². The van der Waals surface area contributed by atoms with Crippen LogP contribution >= 0.6 is 23.2 Å². The van der Waals surface area contributed by atoms with E-state index in [0.29, 0.717) is 10.0 Å². The van der Waals surface area contributed by atoms with Crippen LogP contribution in [0.25, 0.3) is 11.1 Å². The Morgan fingerprint density at radius 3 is 2.44 bits per heavy atom. The summed E-state index contributed by atoms with van der Waals surface area (Å²) in [4.78, 5) is 0. The van der Waals surface area contributed by atoms with Gasteiger partial charge in [-0.2, -0.15) is 0 Å². The predicted molar refractivity (Wildman–Crippen MR) is 75.7 cm³/mol. The van der Waals surface area contributed by atoms with Gasteiger partial charge in [-0.05, 0) is 24.6 Å². The Kier molecular flexibility index (Phi) is 2.96. The molecule has 1 heterocycles. The molecule has 2 aromatic rings. The molecule has 2 aromatic carbocycles. The summed E-state index contributed by atoms with van der Waals surface area (Å²) in [5, 5.41) is 1.30. The minimum Gasteiger partial charge on any atom is -0.489 e. The van der Waals surface area contributed by atoms with Crippen molar-refractivity contribution >= 4 is 23.2 Å². The van der Waals surface area contributed by atoms with Gasteiger partial charge in [0.05, 0.1) is 10.0 Å². The zero-order chi connectivity index (χ0) is 12.7. The van der Waals surface area contributed by atoms with E-state index in [-0.39, 0.29) is 6.10 Å². The second-order valence-corrected chi connectivity index (χ2v) is 5.34. The van der Waals surface area contributed by atoms with Crippen LogP contribution in [-0.4, -0.2) is 6.10 Å². The molecule has 0 fully saturated rings. The Hall–Kier alpha value is -1.18. The molecular weight excluding hydrogens is 267 g/mol. The van der Waals surface area contributed by atoms with Gasteiger partial charge in [0.1, 0.15) is 11.9 Å². The minimum atomic E-state index is 0.211. The van der Waals surface area contributed by atoms with Crippen molar-refractivity contribution in [2.24, 2.45) is 0 Å². The van der Waals surface area contributed by atoms with Gasteiger partial charge in [-0.3, -0.25) is 0 Å². The van der Waals surface area contributed by atoms with Crippen molar-refractivity contribution in [1.29, 1.82) is 0 Å². The number of hydrogen-bond acceptors (Lipinski definition) is 1. The number of benzene rings is 2. The fraction of sp³-hybridized carbons (Fsp3) is 0.200. The number of ether oxygens (including phenoxy) is 1. The Morgan fingerprint density at radius 2 is 1.72 bits per heavy atom. The van der Waals surface area contributed by atoms with E-state index in [1.54, 1.807) is 0 Å². The fourth-order valence-corrected chi connectivity index (χ4v) is 2.99. The first-order valence-corrected chi connectivity index (χ1v) is 6.65. The van der Waals surface area contributed by atoms with Gasteiger partial charge in [-0.1, -0.05) is 47.5 Å². The lowest BCUT2D eigenvalue weighted by atomic mass is 10.0. The highest BCUT2D eigenvalue weighted by molar-refractivity contribution is 6.39. The molecule has 1 aliphatic heterocycles. The van der Waals surface area contributed by atoms with E-state index >= 15 is 0 Å². The summed E-state index contributed by atoms with van der Waals surface area (Å²) < 4.78 is 5.89. The van der Waals surface area contributed by atoms with E-state index < -0.39 is 0 Å². The molecule has 0 spiro atoms. The molecule has 3 rings (SSSR count). The molecule has 1 aliphatic rings. The molecular formula is C15H12Cl2O. The first-order chi connectivity index (χ1) is 8.66. The number of para-hydroxylation sites is 1. The van der Waals surface area contributed by atoms with Crippen molar-refractivity contribution in [2.75, 3.05) is 0 Å². The highest BCUT2D eigenvalue weighted by atomic mass is 35.5. The summed E-state index contributed by atoms with van der Waals surface area (Å²) in [6.07, 6.45) is 1.15. The quantitative estimate of drug-likeness (QED) is 0.715. The number of fused-ring (bicyclic) bond motifs is 1. The van der Waals surface area contributed by atoms with Gasteiger partial charge < -0.3 is 4.74 Å². The third-order valence-corrected chi connectivity index (χ3v) is 3.79. The number of rotatable bonds is 1. The van der Waals surface area contributed by atoms with Crippen molar-refractivity contribution in [2.45, 2.75) is 19.4 Å². The topological polar surface area (TPSA) is 9.23 Å². The molecule has 18 heavy (non-hydrogen) atoms. The zero-order valence-electron chi connectivity index (χ0n) is 9.91. The summed E-state index contributed by atoms with van der Waals surface area (Å²) in [6.45, 7) is 2.07. The van der Waals surface area contributed by atoms with Gasteiger partial charge in [0.25, 0.3) is 0 Å². The minimum absolute atomic E-state index is 0.211. The molecule has 0 saturated heterocycles. The van der Waals surface area contributed by atoms with Gasteiger partial charge in [0.2, 0.25) is 0 Å². The maximum atomic E-state index is 6.26. The molecule has 0 saturated carbocycles. The van der Waals surface area contributed by atoms with Gasteiger partial charge in [-0.25, -0.2) is 0 Å². The Bertz CT molecular complexity index is 587. The highest BCUT2D eigenvalue weighted by Crippen LogP contribution is 2.43. The number of hydrogen-bond donors (Lipinski definition) is 0. The van der Waals surface area contributed by atoms with Gasteiger partial charge in [0.15, 0.2) is 0 Å². The van der Waals surface area contributed by atoms with Crippen molar-refractivity contribution in [3.05, 3.63) is 52.0 Å². The van der Waals surface area contributed by atoms with Crippen LogP contribution in [0.5, 0.6) is 5.75 Å². The van der Waals surface area contributed by atoms with Crippen molar-refractivity contribution < 1.29 is 4.74 Å². The Balaban J connectivity index is 2.23. The second-order valence-electron chi connectivity index (χ2n) is 4.52. The maximum absolute atomic E-state index is 6.26. The van der Waals surface area contributed by atoms with Crippen molar-refractivity contribution in [1.82, 2.24) is 0 Å². The Morgan fingerprint density at radius 1 is 1.06 bits per heavy atom. The van der Waals surface area contributed by atoms with E-state index in [4.69, 9.17) is 27.9 Å². The lowest BCUT2D eigenvalue weighted by molar-refractivity contribution is 0.255. The third kappa shape index (κ3) is 1.88. The first kappa shape index (κ1) is 11.9. The van der Waals surface area contributed by atoms with Crippen molar-refractivity contribution in [3.63, 3.8) is 0 Å². The standard InChI is InChI=1S/C15H12Cl2O/c1-9-8-10-4-2-5-11(15(10)18-9)14-12(16)6-3-7-13(14)17/h2-7,9H,8H2,1H3. The predicted octanol–water partition coefficient (Wildman–Crippen LogP) is 4.98. The summed E-state index contributed by atoms with van der Waals surface area (Å²) in [5.41, 5.74) is 3.05. The molecule has 0 radical (unpaired) electrons. The largest absolute Gasteiger partial charge is 0.489 e. The fourth-order valence-electron chi connectivity index (χ4n) is 2.39. The normalized spacial score (nSPS) is 17.4. The van der Waals surface area contributed by atoms with Crippen molar-refractivity contribution in [3.8, 4) is 16.9 Å². The Labute approximate surface area is 116 Å². The van der Waals surface area contributed by atoms with E-state index in [1.165, 1.54) is 5.56 Å². The van der Waals surface area contributed by atoms with Crippen LogP contribution in [0, 0.1) is 0 Å². The van der Waals surface area contributed by atoms with Crippen LogP contribution in [0.3, 0.4) is 0 Å². The van der Waals surface area contributed by atoms with E-state index in [0.717, 1.165) is 23.3 Å². The van der Waals surface area contributed by atoms with E-state index in [1.807, 2.05) is 30.3 Å². The van der Waals surface area contributed by atoms with Crippen LogP contribution in [0.2, 0.25) is 10.0 Å². The van der Waals surface area contributed by atoms with E-state index in [2.05, 4.69) is 13.0 Å². The molecule has 0 N–H and O–H groups in total. The maximum Gasteiger partial charge on any atom is 0.130 e. The molecule has 0 bridgehead atoms. The highest BCUT2D eigenvalue weighted by Gasteiger charge is 2.24. The zero-order valence-corrected chi connectivity index (χ0v) is 11.4. The molecule has 1 nitrogen and oxygen atoms in total. The molecule has 1 unspecified atom stereocenters.